The summed E-state index contributed by atoms with van der Waals surface area (Å²) in [7, 11) is 1.55. The molecule has 0 saturated carbocycles. The van der Waals surface area contributed by atoms with Crippen LogP contribution in [0.3, 0.4) is 0 Å². The highest BCUT2D eigenvalue weighted by molar-refractivity contribution is 14.1. The number of ether oxygens (including phenoxy) is 3. The maximum atomic E-state index is 12.2. The minimum Gasteiger partial charge on any atom is -0.490 e. The van der Waals surface area contributed by atoms with Crippen molar-refractivity contribution in [3.05, 3.63) is 61.1 Å². The van der Waals surface area contributed by atoms with Crippen molar-refractivity contribution in [3.63, 3.8) is 0 Å². The summed E-state index contributed by atoms with van der Waals surface area (Å²) in [5.41, 5.74) is 1.71. The van der Waals surface area contributed by atoms with Gasteiger partial charge in [-0.3, -0.25) is 4.79 Å². The minimum atomic E-state index is -0.446. The molecule has 0 aromatic heterocycles. The summed E-state index contributed by atoms with van der Waals surface area (Å²) in [4.78, 5) is 12.2. The van der Waals surface area contributed by atoms with Gasteiger partial charge < -0.3 is 19.5 Å². The first kappa shape index (κ1) is 24.2. The van der Waals surface area contributed by atoms with Crippen LogP contribution in [-0.4, -0.2) is 32.8 Å². The molecule has 0 unspecified atom stereocenters. The van der Waals surface area contributed by atoms with E-state index < -0.39 is 5.91 Å². The molecule has 2 aromatic carbocycles. The van der Waals surface area contributed by atoms with Crippen LogP contribution in [-0.2, 0) is 16.1 Å². The number of hydrogen-bond acceptors (Lipinski definition) is 5. The third kappa shape index (κ3) is 7.31. The topological polar surface area (TPSA) is 80.6 Å². The second-order valence-electron chi connectivity index (χ2n) is 6.10. The summed E-state index contributed by atoms with van der Waals surface area (Å²) in [6.07, 6.45) is 1.53. The van der Waals surface area contributed by atoms with Crippen LogP contribution < -0.4 is 14.8 Å². The molecule has 0 bridgehead atoms. The number of halogens is 2. The standard InChI is InChI=1S/C22H22BrIN2O4/c1-3-29-20-12-16(10-17(13-25)22(27)26-8-9-28-2)11-19(24)21(20)30-14-15-4-6-18(23)7-5-15/h4-7,10-12H,3,8-9,14H2,1-2H3,(H,26,27)/b17-10+. The number of benzene rings is 2. The molecule has 6 nitrogen and oxygen atoms in total. The molecule has 30 heavy (non-hydrogen) atoms. The van der Waals surface area contributed by atoms with Crippen molar-refractivity contribution in [1.29, 1.82) is 5.26 Å². The fourth-order valence-electron chi connectivity index (χ4n) is 2.49. The van der Waals surface area contributed by atoms with E-state index in [2.05, 4.69) is 43.8 Å². The molecule has 0 atom stereocenters. The summed E-state index contributed by atoms with van der Waals surface area (Å²) in [5.74, 6) is 0.739. The first-order valence-electron chi connectivity index (χ1n) is 9.21. The average molecular weight is 585 g/mol. The monoisotopic (exact) mass is 584 g/mol. The van der Waals surface area contributed by atoms with Crippen molar-refractivity contribution in [2.75, 3.05) is 26.9 Å². The number of nitrogens with one attached hydrogen (secondary N) is 1. The van der Waals surface area contributed by atoms with E-state index in [9.17, 15) is 10.1 Å². The Morgan fingerprint density at radius 1 is 1.27 bits per heavy atom. The van der Waals surface area contributed by atoms with Crippen LogP contribution in [0.4, 0.5) is 0 Å². The lowest BCUT2D eigenvalue weighted by Crippen LogP contribution is -2.27. The molecule has 0 aliphatic heterocycles. The lowest BCUT2D eigenvalue weighted by atomic mass is 10.1. The molecule has 8 heteroatoms. The van der Waals surface area contributed by atoms with E-state index in [1.807, 2.05) is 43.3 Å². The second-order valence-corrected chi connectivity index (χ2v) is 8.17. The van der Waals surface area contributed by atoms with Gasteiger partial charge in [-0.15, -0.1) is 0 Å². The normalized spacial score (nSPS) is 11.0. The molecule has 0 fully saturated rings. The zero-order valence-corrected chi connectivity index (χ0v) is 20.4. The summed E-state index contributed by atoms with van der Waals surface area (Å²) in [6.45, 7) is 3.45. The van der Waals surface area contributed by atoms with Crippen LogP contribution >= 0.6 is 38.5 Å². The molecular formula is C22H22BrIN2O4. The van der Waals surface area contributed by atoms with Crippen LogP contribution in [0.2, 0.25) is 0 Å². The van der Waals surface area contributed by atoms with Gasteiger partial charge in [0, 0.05) is 18.1 Å². The molecule has 0 aliphatic rings. The molecule has 0 aliphatic carbocycles. The van der Waals surface area contributed by atoms with Crippen molar-refractivity contribution in [1.82, 2.24) is 5.32 Å². The van der Waals surface area contributed by atoms with Gasteiger partial charge in [0.05, 0.1) is 16.8 Å². The van der Waals surface area contributed by atoms with Crippen LogP contribution in [0.25, 0.3) is 6.08 Å². The summed E-state index contributed by atoms with van der Waals surface area (Å²) >= 11 is 5.58. The van der Waals surface area contributed by atoms with Crippen LogP contribution in [0.1, 0.15) is 18.1 Å². The molecule has 0 spiro atoms. The van der Waals surface area contributed by atoms with Gasteiger partial charge in [0.15, 0.2) is 11.5 Å². The van der Waals surface area contributed by atoms with Gasteiger partial charge in [-0.1, -0.05) is 28.1 Å². The SMILES string of the molecule is CCOc1cc(/C=C(\C#N)C(=O)NCCOC)cc(I)c1OCc1ccc(Br)cc1. The molecule has 158 valence electrons. The second kappa shape index (κ2) is 12.6. The first-order chi connectivity index (χ1) is 14.5. The fourth-order valence-corrected chi connectivity index (χ4v) is 3.53. The molecule has 0 heterocycles. The Hall–Kier alpha value is -2.09. The Kier molecular flexibility index (Phi) is 10.1. The lowest BCUT2D eigenvalue weighted by Gasteiger charge is -2.15. The quantitative estimate of drug-likeness (QED) is 0.189. The largest absolute Gasteiger partial charge is 0.490 e. The van der Waals surface area contributed by atoms with Crippen LogP contribution in [0.15, 0.2) is 46.4 Å². The van der Waals surface area contributed by atoms with E-state index in [1.165, 1.54) is 6.08 Å². The molecule has 1 amide bonds. The number of carbonyl (C=O) groups is 1. The van der Waals surface area contributed by atoms with Gasteiger partial charge in [0.2, 0.25) is 0 Å². The highest BCUT2D eigenvalue weighted by Gasteiger charge is 2.14. The van der Waals surface area contributed by atoms with E-state index in [-0.39, 0.29) is 5.57 Å². The van der Waals surface area contributed by atoms with Crippen molar-refractivity contribution in [2.24, 2.45) is 0 Å². The Morgan fingerprint density at radius 2 is 2.00 bits per heavy atom. The number of methoxy groups -OCH3 is 1. The molecule has 0 radical (unpaired) electrons. The minimum absolute atomic E-state index is 0.00730. The predicted octanol–water partition coefficient (Wildman–Crippen LogP) is 4.70. The van der Waals surface area contributed by atoms with E-state index in [1.54, 1.807) is 13.2 Å². The Balaban J connectivity index is 2.24. The maximum absolute atomic E-state index is 12.2. The number of carbonyl (C=O) groups excluding carboxylic acids is 1. The van der Waals surface area contributed by atoms with Gasteiger partial charge in [-0.05, 0) is 71.0 Å². The average Bonchev–Trinajstić information content (AvgIpc) is 2.73. The zero-order chi connectivity index (χ0) is 21.9. The van der Waals surface area contributed by atoms with E-state index in [0.717, 1.165) is 13.6 Å². The van der Waals surface area contributed by atoms with Gasteiger partial charge in [0.1, 0.15) is 18.2 Å². The van der Waals surface area contributed by atoms with Crippen molar-refractivity contribution in [3.8, 4) is 17.6 Å². The molecule has 1 N–H and O–H groups in total. The first-order valence-corrected chi connectivity index (χ1v) is 11.1. The van der Waals surface area contributed by atoms with Gasteiger partial charge in [0.25, 0.3) is 5.91 Å². The smallest absolute Gasteiger partial charge is 0.262 e. The van der Waals surface area contributed by atoms with Gasteiger partial charge in [-0.25, -0.2) is 0 Å². The third-order valence-corrected chi connectivity index (χ3v) is 5.23. The lowest BCUT2D eigenvalue weighted by molar-refractivity contribution is -0.117. The molecular weight excluding hydrogens is 563 g/mol. The molecule has 0 saturated heterocycles. The molecule has 2 aromatic rings. The fraction of sp³-hybridized carbons (Fsp3) is 0.273. The Bertz CT molecular complexity index is 939. The highest BCUT2D eigenvalue weighted by Crippen LogP contribution is 2.35. The van der Waals surface area contributed by atoms with Crippen molar-refractivity contribution in [2.45, 2.75) is 13.5 Å². The zero-order valence-electron chi connectivity index (χ0n) is 16.7. The predicted molar refractivity (Wildman–Crippen MR) is 127 cm³/mol. The highest BCUT2D eigenvalue weighted by atomic mass is 127. The van der Waals surface area contributed by atoms with E-state index >= 15 is 0 Å². The molecule has 2 rings (SSSR count). The van der Waals surface area contributed by atoms with E-state index in [0.29, 0.717) is 43.4 Å². The summed E-state index contributed by atoms with van der Waals surface area (Å²) < 4.78 is 18.5. The Morgan fingerprint density at radius 3 is 2.63 bits per heavy atom. The van der Waals surface area contributed by atoms with Crippen LogP contribution in [0, 0.1) is 14.9 Å². The third-order valence-electron chi connectivity index (χ3n) is 3.90. The summed E-state index contributed by atoms with van der Waals surface area (Å²) in [6, 6.07) is 13.4. The van der Waals surface area contributed by atoms with Crippen molar-refractivity contribution < 1.29 is 19.0 Å². The van der Waals surface area contributed by atoms with Crippen LogP contribution in [0.5, 0.6) is 11.5 Å². The van der Waals surface area contributed by atoms with Gasteiger partial charge >= 0.3 is 0 Å². The number of nitrogens with zero attached hydrogens (tertiary/aromatic N) is 1. The Labute approximate surface area is 198 Å². The summed E-state index contributed by atoms with van der Waals surface area (Å²) in [5, 5.41) is 12.0. The number of hydrogen-bond donors (Lipinski definition) is 1. The van der Waals surface area contributed by atoms with Crippen molar-refractivity contribution >= 4 is 50.5 Å². The number of rotatable bonds is 10. The van der Waals surface area contributed by atoms with E-state index in [4.69, 9.17) is 14.2 Å². The number of amides is 1. The van der Waals surface area contributed by atoms with Gasteiger partial charge in [-0.2, -0.15) is 5.26 Å². The maximum Gasteiger partial charge on any atom is 0.262 e. The number of nitriles is 1.